The van der Waals surface area contributed by atoms with E-state index in [0.29, 0.717) is 6.54 Å². The molecular formula is C14H23NO3. The molecule has 0 radical (unpaired) electrons. The Kier molecular flexibility index (Phi) is 3.93. The molecule has 0 aromatic carbocycles. The van der Waals surface area contributed by atoms with E-state index < -0.39 is 5.97 Å². The Labute approximate surface area is 108 Å². The lowest BCUT2D eigenvalue weighted by Gasteiger charge is -2.24. The number of nitrogens with one attached hydrogen (secondary N) is 1. The first kappa shape index (κ1) is 13.4. The molecule has 4 heteroatoms. The van der Waals surface area contributed by atoms with E-state index in [0.717, 1.165) is 44.9 Å². The fraction of sp³-hybridized carbons (Fsp3) is 0.857. The highest BCUT2D eigenvalue weighted by Gasteiger charge is 2.38. The summed E-state index contributed by atoms with van der Waals surface area (Å²) in [5.41, 5.74) is -0.211. The Hall–Kier alpha value is -1.06. The molecule has 0 aliphatic heterocycles. The van der Waals surface area contributed by atoms with E-state index in [-0.39, 0.29) is 23.2 Å². The summed E-state index contributed by atoms with van der Waals surface area (Å²) in [5.74, 6) is -0.729. The molecule has 1 amide bonds. The van der Waals surface area contributed by atoms with Crippen molar-refractivity contribution in [2.24, 2.45) is 17.3 Å². The van der Waals surface area contributed by atoms with Crippen molar-refractivity contribution in [2.45, 2.75) is 51.9 Å². The highest BCUT2D eigenvalue weighted by molar-refractivity contribution is 5.82. The van der Waals surface area contributed by atoms with Crippen molar-refractivity contribution >= 4 is 11.9 Å². The summed E-state index contributed by atoms with van der Waals surface area (Å²) < 4.78 is 0. The molecule has 102 valence electrons. The maximum Gasteiger partial charge on any atom is 0.306 e. The van der Waals surface area contributed by atoms with Crippen molar-refractivity contribution in [3.8, 4) is 0 Å². The minimum absolute atomic E-state index is 0.121. The molecule has 0 bridgehead atoms. The first-order chi connectivity index (χ1) is 8.53. The summed E-state index contributed by atoms with van der Waals surface area (Å²) in [6.07, 6.45) is 6.84. The second-order valence-corrected chi connectivity index (χ2v) is 6.11. The molecule has 0 spiro atoms. The summed E-state index contributed by atoms with van der Waals surface area (Å²) in [6, 6.07) is 0. The van der Waals surface area contributed by atoms with E-state index in [9.17, 15) is 9.59 Å². The topological polar surface area (TPSA) is 66.4 Å². The van der Waals surface area contributed by atoms with Gasteiger partial charge in [-0.1, -0.05) is 26.2 Å². The third kappa shape index (κ3) is 2.68. The Morgan fingerprint density at radius 3 is 2.50 bits per heavy atom. The molecular weight excluding hydrogens is 230 g/mol. The van der Waals surface area contributed by atoms with Crippen molar-refractivity contribution < 1.29 is 14.7 Å². The number of rotatable bonds is 4. The number of hydrogen-bond acceptors (Lipinski definition) is 2. The molecule has 2 rings (SSSR count). The molecule has 2 aliphatic rings. The van der Waals surface area contributed by atoms with Gasteiger partial charge >= 0.3 is 5.97 Å². The number of carboxylic acids is 1. The predicted molar refractivity (Wildman–Crippen MR) is 68.1 cm³/mol. The quantitative estimate of drug-likeness (QED) is 0.807. The van der Waals surface area contributed by atoms with Crippen LogP contribution in [-0.2, 0) is 9.59 Å². The van der Waals surface area contributed by atoms with E-state index in [4.69, 9.17) is 5.11 Å². The maximum absolute atomic E-state index is 12.1. The van der Waals surface area contributed by atoms with Crippen LogP contribution in [0.5, 0.6) is 0 Å². The highest BCUT2D eigenvalue weighted by atomic mass is 16.4. The molecule has 2 saturated carbocycles. The third-order valence-corrected chi connectivity index (χ3v) is 4.76. The van der Waals surface area contributed by atoms with Crippen LogP contribution in [0.15, 0.2) is 0 Å². The van der Waals surface area contributed by atoms with Gasteiger partial charge in [0, 0.05) is 12.0 Å². The third-order valence-electron chi connectivity index (χ3n) is 4.76. The zero-order valence-electron chi connectivity index (χ0n) is 11.1. The molecule has 0 aromatic rings. The van der Waals surface area contributed by atoms with Crippen LogP contribution < -0.4 is 5.32 Å². The van der Waals surface area contributed by atoms with Crippen LogP contribution in [0, 0.1) is 17.3 Å². The monoisotopic (exact) mass is 253 g/mol. The molecule has 2 unspecified atom stereocenters. The Morgan fingerprint density at radius 1 is 1.22 bits per heavy atom. The minimum Gasteiger partial charge on any atom is -0.481 e. The largest absolute Gasteiger partial charge is 0.481 e. The van der Waals surface area contributed by atoms with Crippen LogP contribution in [0.1, 0.15) is 51.9 Å². The average molecular weight is 253 g/mol. The summed E-state index contributed by atoms with van der Waals surface area (Å²) in [7, 11) is 0. The predicted octanol–water partition coefficient (Wildman–Crippen LogP) is 2.18. The van der Waals surface area contributed by atoms with Crippen LogP contribution >= 0.6 is 0 Å². The Balaban J connectivity index is 1.84. The van der Waals surface area contributed by atoms with Gasteiger partial charge in [-0.05, 0) is 31.6 Å². The van der Waals surface area contributed by atoms with Gasteiger partial charge in [0.05, 0.1) is 5.92 Å². The molecule has 2 fully saturated rings. The second kappa shape index (κ2) is 5.29. The lowest BCUT2D eigenvalue weighted by molar-refractivity contribution is -0.143. The molecule has 4 nitrogen and oxygen atoms in total. The van der Waals surface area contributed by atoms with Gasteiger partial charge in [0.2, 0.25) is 5.91 Å². The van der Waals surface area contributed by atoms with E-state index in [1.165, 1.54) is 0 Å². The van der Waals surface area contributed by atoms with Crippen molar-refractivity contribution in [3.05, 3.63) is 0 Å². The van der Waals surface area contributed by atoms with Gasteiger partial charge in [0.25, 0.3) is 0 Å². The van der Waals surface area contributed by atoms with Crippen molar-refractivity contribution in [3.63, 3.8) is 0 Å². The zero-order chi connectivity index (χ0) is 13.2. The number of amides is 1. The fourth-order valence-electron chi connectivity index (χ4n) is 3.43. The smallest absolute Gasteiger partial charge is 0.306 e. The summed E-state index contributed by atoms with van der Waals surface area (Å²) in [4.78, 5) is 23.2. The van der Waals surface area contributed by atoms with Crippen LogP contribution in [0.4, 0.5) is 0 Å². The zero-order valence-corrected chi connectivity index (χ0v) is 11.1. The lowest BCUT2D eigenvalue weighted by atomic mass is 9.87. The van der Waals surface area contributed by atoms with Gasteiger partial charge in [-0.25, -0.2) is 0 Å². The fourth-order valence-corrected chi connectivity index (χ4v) is 3.43. The van der Waals surface area contributed by atoms with Crippen LogP contribution in [-0.4, -0.2) is 23.5 Å². The number of carboxylic acid groups (broad SMARTS) is 1. The minimum atomic E-state index is -0.709. The van der Waals surface area contributed by atoms with Crippen molar-refractivity contribution in [1.29, 1.82) is 0 Å². The summed E-state index contributed by atoms with van der Waals surface area (Å²) in [5, 5.41) is 12.1. The molecule has 0 saturated heterocycles. The standard InChI is InChI=1S/C14H23NO3/c1-14(7-2-3-8-14)13(18)15-9-10-5-4-6-11(10)12(16)17/h10-11H,2-9H2,1H3,(H,15,18)(H,16,17). The number of aliphatic carboxylic acids is 1. The average Bonchev–Trinajstić information content (AvgIpc) is 2.95. The SMILES string of the molecule is CC1(C(=O)NCC2CCCC2C(=O)O)CCCC1. The van der Waals surface area contributed by atoms with Gasteiger partial charge in [-0.3, -0.25) is 9.59 Å². The van der Waals surface area contributed by atoms with Gasteiger partial charge in [-0.15, -0.1) is 0 Å². The second-order valence-electron chi connectivity index (χ2n) is 6.11. The van der Waals surface area contributed by atoms with Crippen LogP contribution in [0.2, 0.25) is 0 Å². The van der Waals surface area contributed by atoms with Crippen molar-refractivity contribution in [1.82, 2.24) is 5.32 Å². The van der Waals surface area contributed by atoms with E-state index in [2.05, 4.69) is 5.32 Å². The van der Waals surface area contributed by atoms with Gasteiger partial charge < -0.3 is 10.4 Å². The van der Waals surface area contributed by atoms with E-state index in [1.807, 2.05) is 6.92 Å². The molecule has 0 heterocycles. The molecule has 2 atom stereocenters. The molecule has 18 heavy (non-hydrogen) atoms. The Bertz CT molecular complexity index is 334. The first-order valence-corrected chi connectivity index (χ1v) is 7.04. The Morgan fingerprint density at radius 2 is 1.89 bits per heavy atom. The molecule has 2 aliphatic carbocycles. The molecule has 0 aromatic heterocycles. The van der Waals surface area contributed by atoms with Crippen LogP contribution in [0.25, 0.3) is 0 Å². The number of hydrogen-bond donors (Lipinski definition) is 2. The van der Waals surface area contributed by atoms with Gasteiger partial charge in [0.15, 0.2) is 0 Å². The lowest BCUT2D eigenvalue weighted by Crippen LogP contribution is -2.40. The maximum atomic E-state index is 12.1. The molecule has 2 N–H and O–H groups in total. The normalized spacial score (nSPS) is 30.3. The number of carbonyl (C=O) groups excluding carboxylic acids is 1. The van der Waals surface area contributed by atoms with E-state index >= 15 is 0 Å². The van der Waals surface area contributed by atoms with E-state index in [1.54, 1.807) is 0 Å². The van der Waals surface area contributed by atoms with Crippen molar-refractivity contribution in [2.75, 3.05) is 6.54 Å². The summed E-state index contributed by atoms with van der Waals surface area (Å²) >= 11 is 0. The van der Waals surface area contributed by atoms with Gasteiger partial charge in [0.1, 0.15) is 0 Å². The van der Waals surface area contributed by atoms with Crippen LogP contribution in [0.3, 0.4) is 0 Å². The number of carbonyl (C=O) groups is 2. The first-order valence-electron chi connectivity index (χ1n) is 7.04. The summed E-state index contributed by atoms with van der Waals surface area (Å²) in [6.45, 7) is 2.56. The highest BCUT2D eigenvalue weighted by Crippen LogP contribution is 2.38. The van der Waals surface area contributed by atoms with Gasteiger partial charge in [-0.2, -0.15) is 0 Å².